The number of fused-ring (bicyclic) bond motifs is 1. The second kappa shape index (κ2) is 9.19. The van der Waals surface area contributed by atoms with Crippen molar-refractivity contribution in [3.8, 4) is 11.3 Å². The van der Waals surface area contributed by atoms with Crippen LogP contribution in [0.25, 0.3) is 22.2 Å². The normalized spacial score (nSPS) is 16.9. The number of aromatic nitrogens is 2. The Morgan fingerprint density at radius 3 is 2.57 bits per heavy atom. The van der Waals surface area contributed by atoms with Crippen LogP contribution in [0.2, 0.25) is 0 Å². The molecule has 6 heteroatoms. The van der Waals surface area contributed by atoms with Crippen LogP contribution in [0.15, 0.2) is 66.7 Å². The summed E-state index contributed by atoms with van der Waals surface area (Å²) >= 11 is 0. The Labute approximate surface area is 205 Å². The number of nitrogens with zero attached hydrogens (tertiary/aromatic N) is 2. The van der Waals surface area contributed by atoms with Crippen LogP contribution in [0.5, 0.6) is 0 Å². The number of aryl methyl sites for hydroxylation is 1. The lowest BCUT2D eigenvalue weighted by atomic mass is 9.97. The van der Waals surface area contributed by atoms with Crippen LogP contribution in [0.4, 0.5) is 5.69 Å². The van der Waals surface area contributed by atoms with E-state index in [-0.39, 0.29) is 11.9 Å². The molecule has 0 spiro atoms. The summed E-state index contributed by atoms with van der Waals surface area (Å²) in [6.07, 6.45) is 2.31. The van der Waals surface area contributed by atoms with Gasteiger partial charge in [-0.2, -0.15) is 5.10 Å². The number of aromatic amines is 1. The van der Waals surface area contributed by atoms with E-state index < -0.39 is 0 Å². The number of hydrogen-bond acceptors (Lipinski definition) is 4. The van der Waals surface area contributed by atoms with Crippen LogP contribution in [-0.4, -0.2) is 42.4 Å². The molecule has 2 fully saturated rings. The maximum Gasteiger partial charge on any atom is 0.251 e. The van der Waals surface area contributed by atoms with Gasteiger partial charge < -0.3 is 15.0 Å². The molecule has 2 heterocycles. The summed E-state index contributed by atoms with van der Waals surface area (Å²) in [7, 11) is 0. The van der Waals surface area contributed by atoms with E-state index in [1.165, 1.54) is 16.8 Å². The highest BCUT2D eigenvalue weighted by Crippen LogP contribution is 2.42. The topological polar surface area (TPSA) is 70.2 Å². The van der Waals surface area contributed by atoms with Gasteiger partial charge in [-0.15, -0.1) is 0 Å². The van der Waals surface area contributed by atoms with Crippen molar-refractivity contribution in [3.63, 3.8) is 0 Å². The van der Waals surface area contributed by atoms with Crippen LogP contribution >= 0.6 is 0 Å². The Bertz CT molecular complexity index is 1350. The third kappa shape index (κ3) is 4.42. The molecule has 1 saturated carbocycles. The summed E-state index contributed by atoms with van der Waals surface area (Å²) < 4.78 is 5.47. The average molecular weight is 467 g/mol. The molecule has 1 aliphatic carbocycles. The van der Waals surface area contributed by atoms with Gasteiger partial charge in [0.25, 0.3) is 5.91 Å². The van der Waals surface area contributed by atoms with Crippen molar-refractivity contribution in [3.05, 3.63) is 83.4 Å². The minimum atomic E-state index is -0.0399. The molecule has 1 aromatic heterocycles. The highest BCUT2D eigenvalue weighted by atomic mass is 16.5. The predicted octanol–water partition coefficient (Wildman–Crippen LogP) is 5.26. The molecule has 0 radical (unpaired) electrons. The first-order valence-electron chi connectivity index (χ1n) is 12.4. The average Bonchev–Trinajstić information content (AvgIpc) is 3.66. The van der Waals surface area contributed by atoms with Crippen molar-refractivity contribution in [1.82, 2.24) is 15.5 Å². The van der Waals surface area contributed by atoms with Crippen molar-refractivity contribution in [2.24, 2.45) is 5.92 Å². The number of amides is 1. The van der Waals surface area contributed by atoms with E-state index >= 15 is 0 Å². The number of anilines is 1. The van der Waals surface area contributed by atoms with Gasteiger partial charge in [-0.05, 0) is 67.1 Å². The van der Waals surface area contributed by atoms with Crippen LogP contribution in [0.3, 0.4) is 0 Å². The first-order valence-corrected chi connectivity index (χ1v) is 12.4. The summed E-state index contributed by atoms with van der Waals surface area (Å²) in [5, 5.41) is 12.0. The number of rotatable bonds is 6. The molecule has 1 unspecified atom stereocenters. The Balaban J connectivity index is 1.26. The Hall–Kier alpha value is -3.64. The standard InChI is InChI=1S/C29H30N4O2/c1-19-4-2-3-5-24(19)27(20-6-7-20)30-29(34)22-10-13-26-25(18-22)28(32-31-26)21-8-11-23(12-9-21)33-14-16-35-17-15-33/h2-5,8-13,18,20,27H,6-7,14-17H2,1H3,(H,30,34)(H,31,32). The van der Waals surface area contributed by atoms with E-state index in [0.717, 1.165) is 61.3 Å². The summed E-state index contributed by atoms with van der Waals surface area (Å²) in [4.78, 5) is 15.7. The van der Waals surface area contributed by atoms with Crippen molar-refractivity contribution in [1.29, 1.82) is 0 Å². The predicted molar refractivity (Wildman–Crippen MR) is 139 cm³/mol. The molecule has 6 rings (SSSR count). The Morgan fingerprint density at radius 2 is 1.83 bits per heavy atom. The number of carbonyl (C=O) groups excluding carboxylic acids is 1. The zero-order valence-electron chi connectivity index (χ0n) is 20.0. The van der Waals surface area contributed by atoms with E-state index in [9.17, 15) is 4.79 Å². The zero-order chi connectivity index (χ0) is 23.8. The summed E-state index contributed by atoms with van der Waals surface area (Å²) in [5.74, 6) is 0.472. The van der Waals surface area contributed by atoms with Gasteiger partial charge >= 0.3 is 0 Å². The zero-order valence-corrected chi connectivity index (χ0v) is 20.0. The molecule has 35 heavy (non-hydrogen) atoms. The van der Waals surface area contributed by atoms with Gasteiger partial charge in [0.15, 0.2) is 0 Å². The summed E-state index contributed by atoms with van der Waals surface area (Å²) in [5.41, 5.74) is 7.10. The largest absolute Gasteiger partial charge is 0.378 e. The number of carbonyl (C=O) groups is 1. The van der Waals surface area contributed by atoms with E-state index in [1.807, 2.05) is 24.3 Å². The Morgan fingerprint density at radius 1 is 1.06 bits per heavy atom. The van der Waals surface area contributed by atoms with Gasteiger partial charge in [0.1, 0.15) is 0 Å². The van der Waals surface area contributed by atoms with Crippen LogP contribution in [-0.2, 0) is 4.74 Å². The van der Waals surface area contributed by atoms with Crippen molar-refractivity contribution >= 4 is 22.5 Å². The number of morpholine rings is 1. The molecule has 0 bridgehead atoms. The smallest absolute Gasteiger partial charge is 0.251 e. The Kier molecular flexibility index (Phi) is 5.74. The number of nitrogens with one attached hydrogen (secondary N) is 2. The van der Waals surface area contributed by atoms with Crippen LogP contribution in [0, 0.1) is 12.8 Å². The van der Waals surface area contributed by atoms with Crippen LogP contribution < -0.4 is 10.2 Å². The molecule has 2 aliphatic rings. The third-order valence-electron chi connectivity index (χ3n) is 7.25. The molecular formula is C29H30N4O2. The minimum absolute atomic E-state index is 0.0399. The number of H-pyrrole nitrogens is 1. The third-order valence-corrected chi connectivity index (χ3v) is 7.25. The molecule has 1 aliphatic heterocycles. The van der Waals surface area contributed by atoms with E-state index in [0.29, 0.717) is 11.5 Å². The van der Waals surface area contributed by atoms with E-state index in [2.05, 4.69) is 69.8 Å². The number of benzene rings is 3. The first kappa shape index (κ1) is 21.9. The lowest BCUT2D eigenvalue weighted by Crippen LogP contribution is -2.36. The fourth-order valence-electron chi connectivity index (χ4n) is 5.07. The van der Waals surface area contributed by atoms with Gasteiger partial charge in [0, 0.05) is 35.3 Å². The molecule has 1 amide bonds. The number of ether oxygens (including phenoxy) is 1. The molecular weight excluding hydrogens is 436 g/mol. The molecule has 1 saturated heterocycles. The van der Waals surface area contributed by atoms with Crippen molar-refractivity contribution in [2.75, 3.05) is 31.2 Å². The molecule has 178 valence electrons. The van der Waals surface area contributed by atoms with Gasteiger partial charge in [0.2, 0.25) is 0 Å². The molecule has 2 N–H and O–H groups in total. The maximum absolute atomic E-state index is 13.3. The van der Waals surface area contributed by atoms with Gasteiger partial charge in [0.05, 0.1) is 30.5 Å². The second-order valence-electron chi connectivity index (χ2n) is 9.62. The van der Waals surface area contributed by atoms with Gasteiger partial charge in [-0.1, -0.05) is 36.4 Å². The minimum Gasteiger partial charge on any atom is -0.378 e. The van der Waals surface area contributed by atoms with Crippen molar-refractivity contribution < 1.29 is 9.53 Å². The van der Waals surface area contributed by atoms with E-state index in [4.69, 9.17) is 4.74 Å². The first-order chi connectivity index (χ1) is 17.2. The maximum atomic E-state index is 13.3. The monoisotopic (exact) mass is 466 g/mol. The van der Waals surface area contributed by atoms with E-state index in [1.54, 1.807) is 0 Å². The fourth-order valence-corrected chi connectivity index (χ4v) is 5.07. The van der Waals surface area contributed by atoms with Crippen molar-refractivity contribution in [2.45, 2.75) is 25.8 Å². The molecule has 6 nitrogen and oxygen atoms in total. The lowest BCUT2D eigenvalue weighted by molar-refractivity contribution is 0.0931. The number of hydrogen-bond donors (Lipinski definition) is 2. The van der Waals surface area contributed by atoms with Gasteiger partial charge in [-0.3, -0.25) is 9.89 Å². The summed E-state index contributed by atoms with van der Waals surface area (Å²) in [6.45, 7) is 5.47. The molecule has 4 aromatic rings. The molecule has 3 aromatic carbocycles. The highest BCUT2D eigenvalue weighted by Gasteiger charge is 2.34. The van der Waals surface area contributed by atoms with Crippen LogP contribution in [0.1, 0.15) is 40.4 Å². The summed E-state index contributed by atoms with van der Waals surface area (Å²) in [6, 6.07) is 22.7. The van der Waals surface area contributed by atoms with Gasteiger partial charge in [-0.25, -0.2) is 0 Å². The second-order valence-corrected chi connectivity index (χ2v) is 9.62. The lowest BCUT2D eigenvalue weighted by Gasteiger charge is -2.28. The highest BCUT2D eigenvalue weighted by molar-refractivity contribution is 6.01. The SMILES string of the molecule is Cc1ccccc1C(NC(=O)c1ccc2[nH]nc(-c3ccc(N4CCOCC4)cc3)c2c1)C1CC1. The fraction of sp³-hybridized carbons (Fsp3) is 0.310. The molecule has 1 atom stereocenters. The quantitative estimate of drug-likeness (QED) is 0.407.